The number of halogens is 1. The van der Waals surface area contributed by atoms with Crippen LogP contribution in [0.1, 0.15) is 5.69 Å². The van der Waals surface area contributed by atoms with Crippen LogP contribution in [0.15, 0.2) is 5.38 Å². The van der Waals surface area contributed by atoms with Gasteiger partial charge in [-0.25, -0.2) is 10.8 Å². The Morgan fingerprint density at radius 3 is 2.90 bits per heavy atom. The van der Waals surface area contributed by atoms with E-state index in [1.165, 1.54) is 16.3 Å². The molecule has 0 aliphatic carbocycles. The highest BCUT2D eigenvalue weighted by molar-refractivity contribution is 7.13. The van der Waals surface area contributed by atoms with Crippen LogP contribution in [-0.4, -0.2) is 12.0 Å². The van der Waals surface area contributed by atoms with Crippen LogP contribution >= 0.6 is 22.9 Å². The van der Waals surface area contributed by atoms with Crippen molar-refractivity contribution in [1.29, 1.82) is 0 Å². The Kier molecular flexibility index (Phi) is 2.48. The molecular formula is C5H8ClN3S. The molecular weight excluding hydrogens is 170 g/mol. The van der Waals surface area contributed by atoms with Gasteiger partial charge in [-0.2, -0.15) is 0 Å². The van der Waals surface area contributed by atoms with Crippen molar-refractivity contribution in [1.82, 2.24) is 4.98 Å². The number of anilines is 1. The summed E-state index contributed by atoms with van der Waals surface area (Å²) in [5, 5.41) is 4.16. The fraction of sp³-hybridized carbons (Fsp3) is 0.400. The highest BCUT2D eigenvalue weighted by atomic mass is 35.5. The van der Waals surface area contributed by atoms with E-state index >= 15 is 0 Å². The van der Waals surface area contributed by atoms with Crippen LogP contribution < -0.4 is 10.9 Å². The normalized spacial score (nSPS) is 9.90. The molecule has 56 valence electrons. The van der Waals surface area contributed by atoms with Crippen LogP contribution in [0.25, 0.3) is 0 Å². The van der Waals surface area contributed by atoms with E-state index in [4.69, 9.17) is 17.4 Å². The van der Waals surface area contributed by atoms with E-state index in [2.05, 4.69) is 4.98 Å². The summed E-state index contributed by atoms with van der Waals surface area (Å²) >= 11 is 7.02. The molecule has 2 N–H and O–H groups in total. The molecule has 3 nitrogen and oxygen atoms in total. The summed E-state index contributed by atoms with van der Waals surface area (Å²) in [6, 6.07) is 0. The van der Waals surface area contributed by atoms with Gasteiger partial charge in [0.05, 0.1) is 11.6 Å². The van der Waals surface area contributed by atoms with E-state index in [9.17, 15) is 0 Å². The van der Waals surface area contributed by atoms with Crippen LogP contribution in [0.3, 0.4) is 0 Å². The molecule has 1 rings (SSSR count). The minimum absolute atomic E-state index is 0.449. The van der Waals surface area contributed by atoms with Crippen molar-refractivity contribution in [3.8, 4) is 0 Å². The number of alkyl halides is 1. The Labute approximate surface area is 68.4 Å². The minimum atomic E-state index is 0.449. The first-order valence-electron chi connectivity index (χ1n) is 2.73. The molecule has 1 aromatic rings. The van der Waals surface area contributed by atoms with Gasteiger partial charge in [0.2, 0.25) is 0 Å². The molecule has 1 heterocycles. The lowest BCUT2D eigenvalue weighted by Gasteiger charge is -2.04. The standard InChI is InChI=1S/C5H8ClN3S/c1-9(7)5-8-4(2-6)3-10-5/h3H,2,7H2,1H3. The highest BCUT2D eigenvalue weighted by Crippen LogP contribution is 2.17. The second kappa shape index (κ2) is 3.18. The molecule has 0 unspecified atom stereocenters. The van der Waals surface area contributed by atoms with Crippen molar-refractivity contribution in [2.45, 2.75) is 5.88 Å². The zero-order valence-electron chi connectivity index (χ0n) is 5.54. The number of rotatable bonds is 2. The third kappa shape index (κ3) is 1.59. The van der Waals surface area contributed by atoms with E-state index < -0.39 is 0 Å². The molecule has 0 amide bonds. The van der Waals surface area contributed by atoms with Gasteiger partial charge in [0.15, 0.2) is 5.13 Å². The molecule has 5 heteroatoms. The van der Waals surface area contributed by atoms with Crippen molar-refractivity contribution >= 4 is 28.1 Å². The van der Waals surface area contributed by atoms with E-state index in [1.807, 2.05) is 5.38 Å². The zero-order valence-corrected chi connectivity index (χ0v) is 7.11. The van der Waals surface area contributed by atoms with Crippen LogP contribution in [-0.2, 0) is 5.88 Å². The van der Waals surface area contributed by atoms with E-state index in [-0.39, 0.29) is 0 Å². The second-order valence-corrected chi connectivity index (χ2v) is 2.97. The third-order valence-electron chi connectivity index (χ3n) is 0.978. The van der Waals surface area contributed by atoms with Gasteiger partial charge in [0.1, 0.15) is 0 Å². The SMILES string of the molecule is CN(N)c1nc(CCl)cs1. The fourth-order valence-electron chi connectivity index (χ4n) is 0.520. The maximum atomic E-state index is 5.53. The van der Waals surface area contributed by atoms with Crippen molar-refractivity contribution in [2.75, 3.05) is 12.1 Å². The first-order chi connectivity index (χ1) is 4.74. The summed E-state index contributed by atoms with van der Waals surface area (Å²) < 4.78 is 0. The van der Waals surface area contributed by atoms with Gasteiger partial charge in [0.25, 0.3) is 0 Å². The van der Waals surface area contributed by atoms with Gasteiger partial charge in [-0.3, -0.25) is 5.01 Å². The minimum Gasteiger partial charge on any atom is -0.289 e. The largest absolute Gasteiger partial charge is 0.289 e. The summed E-state index contributed by atoms with van der Waals surface area (Å²) in [6.07, 6.45) is 0. The number of thiazole rings is 1. The Bertz CT molecular complexity index is 210. The number of nitrogens with zero attached hydrogens (tertiary/aromatic N) is 2. The molecule has 0 saturated heterocycles. The Morgan fingerprint density at radius 1 is 1.90 bits per heavy atom. The van der Waals surface area contributed by atoms with Crippen molar-refractivity contribution in [2.24, 2.45) is 5.84 Å². The topological polar surface area (TPSA) is 42.1 Å². The van der Waals surface area contributed by atoms with Gasteiger partial charge >= 0.3 is 0 Å². The third-order valence-corrected chi connectivity index (χ3v) is 2.23. The molecule has 0 spiro atoms. The summed E-state index contributed by atoms with van der Waals surface area (Å²) in [4.78, 5) is 4.12. The van der Waals surface area contributed by atoms with E-state index in [0.29, 0.717) is 5.88 Å². The van der Waals surface area contributed by atoms with E-state index in [0.717, 1.165) is 10.8 Å². The number of nitrogens with two attached hydrogens (primary N) is 1. The summed E-state index contributed by atoms with van der Waals surface area (Å²) in [5.74, 6) is 5.87. The molecule has 0 aliphatic rings. The molecule has 0 saturated carbocycles. The van der Waals surface area contributed by atoms with Gasteiger partial charge in [-0.1, -0.05) is 0 Å². The zero-order chi connectivity index (χ0) is 7.56. The predicted octanol–water partition coefficient (Wildman–Crippen LogP) is 1.19. The first-order valence-corrected chi connectivity index (χ1v) is 4.14. The molecule has 0 aliphatic heterocycles. The van der Waals surface area contributed by atoms with Crippen LogP contribution in [0.2, 0.25) is 0 Å². The Morgan fingerprint density at radius 2 is 2.60 bits per heavy atom. The van der Waals surface area contributed by atoms with Crippen molar-refractivity contribution in [3.05, 3.63) is 11.1 Å². The first kappa shape index (κ1) is 7.78. The maximum absolute atomic E-state index is 5.53. The smallest absolute Gasteiger partial charge is 0.199 e. The summed E-state index contributed by atoms with van der Waals surface area (Å²) in [5.41, 5.74) is 0.874. The Hall–Kier alpha value is -0.320. The average molecular weight is 178 g/mol. The van der Waals surface area contributed by atoms with E-state index in [1.54, 1.807) is 7.05 Å². The lowest BCUT2D eigenvalue weighted by Crippen LogP contribution is -2.24. The molecule has 10 heavy (non-hydrogen) atoms. The number of hydrogen-bond acceptors (Lipinski definition) is 4. The highest BCUT2D eigenvalue weighted by Gasteiger charge is 2.01. The summed E-state index contributed by atoms with van der Waals surface area (Å²) in [6.45, 7) is 0. The molecule has 0 aromatic carbocycles. The molecule has 1 aromatic heterocycles. The van der Waals surface area contributed by atoms with Gasteiger partial charge < -0.3 is 0 Å². The Balaban J connectivity index is 2.78. The number of hydrazine groups is 1. The lowest BCUT2D eigenvalue weighted by atomic mass is 10.6. The average Bonchev–Trinajstić information content (AvgIpc) is 2.34. The van der Waals surface area contributed by atoms with Gasteiger partial charge in [0, 0.05) is 12.4 Å². The van der Waals surface area contributed by atoms with Crippen LogP contribution in [0, 0.1) is 0 Å². The quantitative estimate of drug-likeness (QED) is 0.419. The molecule has 0 fully saturated rings. The van der Waals surface area contributed by atoms with Crippen molar-refractivity contribution < 1.29 is 0 Å². The number of aromatic nitrogens is 1. The predicted molar refractivity (Wildman–Crippen MR) is 44.3 cm³/mol. The molecule has 0 radical (unpaired) electrons. The maximum Gasteiger partial charge on any atom is 0.199 e. The fourth-order valence-corrected chi connectivity index (χ4v) is 1.46. The van der Waals surface area contributed by atoms with Crippen LogP contribution in [0.4, 0.5) is 5.13 Å². The van der Waals surface area contributed by atoms with Crippen molar-refractivity contribution in [3.63, 3.8) is 0 Å². The number of hydrogen-bond donors (Lipinski definition) is 1. The molecule has 0 bridgehead atoms. The monoisotopic (exact) mass is 177 g/mol. The van der Waals surface area contributed by atoms with Gasteiger partial charge in [-0.05, 0) is 0 Å². The van der Waals surface area contributed by atoms with Gasteiger partial charge in [-0.15, -0.1) is 22.9 Å². The summed E-state index contributed by atoms with van der Waals surface area (Å²) in [7, 11) is 1.75. The van der Waals surface area contributed by atoms with Crippen LogP contribution in [0.5, 0.6) is 0 Å². The molecule has 0 atom stereocenters. The second-order valence-electron chi connectivity index (χ2n) is 1.87. The lowest BCUT2D eigenvalue weighted by molar-refractivity contribution is 0.992.